The Morgan fingerprint density at radius 1 is 0.575 bits per heavy atom. The first kappa shape index (κ1) is 33.1. The molecule has 0 aliphatic heterocycles. The summed E-state index contributed by atoms with van der Waals surface area (Å²) >= 11 is 0. The van der Waals surface area contributed by atoms with Gasteiger partial charge in [0, 0.05) is 11.1 Å². The minimum Gasteiger partial charge on any atom is -0.320 e. The molecule has 0 saturated carbocycles. The second kappa shape index (κ2) is 9.77. The minimum atomic E-state index is -8.07. The lowest BCUT2D eigenvalue weighted by atomic mass is 10.1. The second-order valence-electron chi connectivity index (χ2n) is 7.48. The summed E-state index contributed by atoms with van der Waals surface area (Å²) in [5, 5.41) is 0.795. The molecule has 0 bridgehead atoms. The summed E-state index contributed by atoms with van der Waals surface area (Å²) in [6, 6.07) is 7.64. The molecule has 2 atom stereocenters. The summed E-state index contributed by atoms with van der Waals surface area (Å²) in [6.07, 6.45) is -38.6. The summed E-state index contributed by atoms with van der Waals surface area (Å²) in [7, 11) is 0. The number of rotatable bonds is 8. The van der Waals surface area contributed by atoms with Crippen molar-refractivity contribution in [2.45, 2.75) is 48.4 Å². The molecule has 0 aromatic heterocycles. The van der Waals surface area contributed by atoms with E-state index in [1.807, 2.05) is 0 Å². The normalized spacial score (nSPS) is 17.3. The first-order valence-electron chi connectivity index (χ1n) is 9.55. The molecule has 21 heteroatoms. The van der Waals surface area contributed by atoms with Crippen LogP contribution in [0.15, 0.2) is 42.5 Å². The third-order valence-electron chi connectivity index (χ3n) is 4.69. The summed E-state index contributed by atoms with van der Waals surface area (Å²) < 4.78 is 228. The number of halogens is 17. The van der Waals surface area contributed by atoms with E-state index >= 15 is 0 Å². The van der Waals surface area contributed by atoms with E-state index in [1.165, 1.54) is 29.0 Å². The summed E-state index contributed by atoms with van der Waals surface area (Å²) in [4.78, 5) is 12.0. The molecule has 2 aromatic rings. The molecule has 1 N–H and O–H groups in total. The van der Waals surface area contributed by atoms with Gasteiger partial charge in [0.2, 0.25) is 0 Å². The SMILES string of the molecule is O=C(Nc1cccc2ccccc12)[C@](F)(OC(F)(F)[C@](F)(OC(F)(F)C(F)(F)C(F)(F)F)C(F)(F)F)C(F)(F)F. The van der Waals surface area contributed by atoms with Crippen LogP contribution in [0.4, 0.5) is 80.3 Å². The highest BCUT2D eigenvalue weighted by Gasteiger charge is 2.85. The van der Waals surface area contributed by atoms with E-state index in [4.69, 9.17) is 0 Å². The lowest BCUT2D eigenvalue weighted by Gasteiger charge is -2.40. The van der Waals surface area contributed by atoms with Crippen molar-refractivity contribution in [3.05, 3.63) is 42.5 Å². The van der Waals surface area contributed by atoms with Gasteiger partial charge in [-0.3, -0.25) is 14.3 Å². The number of amides is 1. The van der Waals surface area contributed by atoms with Crippen LogP contribution < -0.4 is 5.32 Å². The van der Waals surface area contributed by atoms with Crippen molar-refractivity contribution in [1.82, 2.24) is 0 Å². The molecule has 4 nitrogen and oxygen atoms in total. The maximum absolute atomic E-state index is 14.7. The molecule has 2 rings (SSSR count). The molecule has 2 aromatic carbocycles. The molecule has 0 heterocycles. The molecule has 0 saturated heterocycles. The molecule has 0 fully saturated rings. The van der Waals surface area contributed by atoms with Gasteiger partial charge in [-0.1, -0.05) is 36.4 Å². The van der Waals surface area contributed by atoms with Gasteiger partial charge in [-0.2, -0.15) is 74.6 Å². The van der Waals surface area contributed by atoms with Gasteiger partial charge in [0.05, 0.1) is 0 Å². The fourth-order valence-corrected chi connectivity index (χ4v) is 2.70. The van der Waals surface area contributed by atoms with Crippen LogP contribution in [-0.4, -0.2) is 54.3 Å². The fraction of sp³-hybridized carbons (Fsp3) is 0.421. The van der Waals surface area contributed by atoms with Crippen LogP contribution in [-0.2, 0) is 14.3 Å². The second-order valence-corrected chi connectivity index (χ2v) is 7.48. The van der Waals surface area contributed by atoms with Crippen LogP contribution in [0.1, 0.15) is 0 Å². The predicted octanol–water partition coefficient (Wildman–Crippen LogP) is 7.65. The molecule has 40 heavy (non-hydrogen) atoms. The van der Waals surface area contributed by atoms with Gasteiger partial charge in [0.15, 0.2) is 0 Å². The van der Waals surface area contributed by atoms with E-state index in [0.29, 0.717) is 6.07 Å². The Hall–Kier alpha value is -3.10. The highest BCUT2D eigenvalue weighted by atomic mass is 19.4. The Morgan fingerprint density at radius 2 is 1.07 bits per heavy atom. The first-order valence-corrected chi connectivity index (χ1v) is 9.55. The summed E-state index contributed by atoms with van der Waals surface area (Å²) in [6.45, 7) is 0. The zero-order chi connectivity index (χ0) is 31.4. The van der Waals surface area contributed by atoms with Crippen molar-refractivity contribution in [3.8, 4) is 0 Å². The van der Waals surface area contributed by atoms with Crippen LogP contribution in [0.3, 0.4) is 0 Å². The number of carbonyl (C=O) groups excluding carboxylic acids is 1. The van der Waals surface area contributed by atoms with Crippen molar-refractivity contribution in [2.24, 2.45) is 0 Å². The molecule has 0 radical (unpaired) electrons. The van der Waals surface area contributed by atoms with Crippen LogP contribution in [0.2, 0.25) is 0 Å². The highest BCUT2D eigenvalue weighted by Crippen LogP contribution is 2.56. The molecule has 0 aliphatic carbocycles. The quantitative estimate of drug-likeness (QED) is 0.308. The summed E-state index contributed by atoms with van der Waals surface area (Å²) in [5.41, 5.74) is -0.865. The van der Waals surface area contributed by atoms with E-state index in [-0.39, 0.29) is 10.8 Å². The average Bonchev–Trinajstić information content (AvgIpc) is 2.76. The van der Waals surface area contributed by atoms with E-state index in [0.717, 1.165) is 17.4 Å². The maximum Gasteiger partial charge on any atom is 0.462 e. The van der Waals surface area contributed by atoms with Gasteiger partial charge < -0.3 is 5.32 Å². The molecule has 0 spiro atoms. The molecule has 1 amide bonds. The Morgan fingerprint density at radius 3 is 1.55 bits per heavy atom. The van der Waals surface area contributed by atoms with E-state index in [9.17, 15) is 79.4 Å². The third-order valence-corrected chi connectivity index (χ3v) is 4.69. The number of hydrogen-bond acceptors (Lipinski definition) is 3. The van der Waals surface area contributed by atoms with Crippen molar-refractivity contribution >= 4 is 22.4 Å². The first-order chi connectivity index (χ1) is 17.6. The van der Waals surface area contributed by atoms with Gasteiger partial charge in [0.25, 0.3) is 5.91 Å². The number of benzene rings is 2. The molecule has 0 unspecified atom stereocenters. The van der Waals surface area contributed by atoms with Crippen molar-refractivity contribution in [3.63, 3.8) is 0 Å². The zero-order valence-corrected chi connectivity index (χ0v) is 18.2. The molecular weight excluding hydrogens is 613 g/mol. The number of hydrogen-bond donors (Lipinski definition) is 1. The van der Waals surface area contributed by atoms with Crippen molar-refractivity contribution in [1.29, 1.82) is 0 Å². The van der Waals surface area contributed by atoms with Crippen molar-refractivity contribution < 1.29 is 88.9 Å². The molecule has 226 valence electrons. The Balaban J connectivity index is 2.61. The van der Waals surface area contributed by atoms with E-state index in [2.05, 4.69) is 4.74 Å². The lowest BCUT2D eigenvalue weighted by Crippen LogP contribution is -2.68. The van der Waals surface area contributed by atoms with Gasteiger partial charge >= 0.3 is 48.4 Å². The Bertz CT molecular complexity index is 1230. The summed E-state index contributed by atoms with van der Waals surface area (Å²) in [5.74, 6) is -26.3. The number of alkyl halides is 17. The van der Waals surface area contributed by atoms with Crippen LogP contribution in [0.25, 0.3) is 10.8 Å². The van der Waals surface area contributed by atoms with Crippen LogP contribution in [0.5, 0.6) is 0 Å². The molecule has 0 aliphatic rings. The lowest BCUT2D eigenvalue weighted by molar-refractivity contribution is -0.548. The maximum atomic E-state index is 14.7. The number of nitrogens with one attached hydrogen (secondary N) is 1. The predicted molar refractivity (Wildman–Crippen MR) is 95.4 cm³/mol. The van der Waals surface area contributed by atoms with Crippen molar-refractivity contribution in [2.75, 3.05) is 5.32 Å². The fourth-order valence-electron chi connectivity index (χ4n) is 2.70. The van der Waals surface area contributed by atoms with E-state index < -0.39 is 60.0 Å². The highest BCUT2D eigenvalue weighted by molar-refractivity contribution is 6.04. The minimum absolute atomic E-state index is 0.0732. The topological polar surface area (TPSA) is 47.6 Å². The van der Waals surface area contributed by atoms with Gasteiger partial charge in [-0.15, -0.1) is 0 Å². The monoisotopic (exact) mass is 621 g/mol. The third kappa shape index (κ3) is 5.56. The zero-order valence-electron chi connectivity index (χ0n) is 18.2. The number of ether oxygens (including phenoxy) is 2. The Labute approximate surface area is 208 Å². The standard InChI is InChI=1S/C19H8F17NO3/c20-12(15(24,25)26,11(38)37-10-7-3-5-8-4-1-2-6-9(8)10)39-19(35,36)14(23,17(30,31)32)40-18(33,34)13(21,22)16(27,28)29/h1-7H,(H,37,38)/t12-,14+/m0/s1. The van der Waals surface area contributed by atoms with Gasteiger partial charge in [-0.25, -0.2) is 0 Å². The number of anilines is 1. The molecular formula is C19H8F17NO3. The van der Waals surface area contributed by atoms with E-state index in [1.54, 1.807) is 0 Å². The largest absolute Gasteiger partial charge is 0.462 e. The van der Waals surface area contributed by atoms with Gasteiger partial charge in [0.1, 0.15) is 0 Å². The van der Waals surface area contributed by atoms with Crippen LogP contribution >= 0.6 is 0 Å². The van der Waals surface area contributed by atoms with Crippen LogP contribution in [0, 0.1) is 0 Å². The van der Waals surface area contributed by atoms with Gasteiger partial charge in [-0.05, 0) is 11.5 Å². The smallest absolute Gasteiger partial charge is 0.320 e. The Kier molecular flexibility index (Phi) is 8.09. The number of fused-ring (bicyclic) bond motifs is 1. The average molecular weight is 621 g/mol. The number of carbonyl (C=O) groups is 1.